The fraction of sp³-hybridized carbons (Fsp3) is 0.462. The second-order valence-corrected chi connectivity index (χ2v) is 4.65. The summed E-state index contributed by atoms with van der Waals surface area (Å²) in [6.07, 6.45) is -8.26. The van der Waals surface area contributed by atoms with Crippen LogP contribution in [-0.2, 0) is 9.53 Å². The molecule has 3 N–H and O–H groups in total. The molecule has 2 rings (SSSR count). The van der Waals surface area contributed by atoms with Crippen molar-refractivity contribution in [1.82, 2.24) is 0 Å². The molecule has 0 unspecified atom stereocenters. The number of aliphatic carboxylic acids is 1. The molecular formula is C13H15O7-. The lowest BCUT2D eigenvalue weighted by Crippen LogP contribution is -2.63. The summed E-state index contributed by atoms with van der Waals surface area (Å²) in [5.74, 6) is -1.36. The lowest BCUT2D eigenvalue weighted by atomic mass is 9.99. The van der Waals surface area contributed by atoms with Gasteiger partial charge in [-0.15, -0.1) is 0 Å². The molecular weight excluding hydrogens is 268 g/mol. The molecule has 110 valence electrons. The Balaban J connectivity index is 2.13. The molecule has 0 saturated carbocycles. The number of aliphatic hydroxyl groups is 3. The fourth-order valence-corrected chi connectivity index (χ4v) is 1.89. The van der Waals surface area contributed by atoms with Gasteiger partial charge < -0.3 is 34.7 Å². The van der Waals surface area contributed by atoms with Gasteiger partial charge in [0.05, 0.1) is 5.97 Å². The zero-order valence-corrected chi connectivity index (χ0v) is 10.7. The van der Waals surface area contributed by atoms with Crippen LogP contribution in [0.25, 0.3) is 0 Å². The molecule has 5 atom stereocenters. The number of carboxylic acid groups (broad SMARTS) is 1. The largest absolute Gasteiger partial charge is 0.547 e. The predicted octanol–water partition coefficient (Wildman–Crippen LogP) is -2.07. The maximum atomic E-state index is 10.8. The van der Waals surface area contributed by atoms with Crippen LogP contribution in [0.2, 0.25) is 0 Å². The zero-order chi connectivity index (χ0) is 14.9. The zero-order valence-electron chi connectivity index (χ0n) is 10.7. The SMILES string of the molecule is Cc1ccc(O[C@@H]2O[C@H](C(=O)[O-])[C@@H](O)[C@H](O)[C@H]2O)cc1. The molecule has 1 aromatic rings. The Morgan fingerprint density at radius 2 is 1.75 bits per heavy atom. The molecule has 1 aliphatic heterocycles. The van der Waals surface area contributed by atoms with E-state index in [-0.39, 0.29) is 0 Å². The van der Waals surface area contributed by atoms with E-state index in [4.69, 9.17) is 9.47 Å². The molecule has 0 aliphatic carbocycles. The number of carboxylic acids is 1. The number of benzene rings is 1. The minimum absolute atomic E-state index is 0.334. The number of ether oxygens (including phenoxy) is 2. The topological polar surface area (TPSA) is 119 Å². The molecule has 0 spiro atoms. The van der Waals surface area contributed by atoms with Crippen molar-refractivity contribution in [3.05, 3.63) is 29.8 Å². The second kappa shape index (κ2) is 5.76. The van der Waals surface area contributed by atoms with Crippen molar-refractivity contribution in [3.8, 4) is 5.75 Å². The first-order chi connectivity index (χ1) is 9.40. The molecule has 1 heterocycles. The predicted molar refractivity (Wildman–Crippen MR) is 63.5 cm³/mol. The van der Waals surface area contributed by atoms with Crippen LogP contribution in [0, 0.1) is 6.92 Å². The van der Waals surface area contributed by atoms with E-state index in [9.17, 15) is 25.2 Å². The fourth-order valence-electron chi connectivity index (χ4n) is 1.89. The van der Waals surface area contributed by atoms with Gasteiger partial charge in [-0.1, -0.05) is 17.7 Å². The molecule has 0 amide bonds. The van der Waals surface area contributed by atoms with Crippen LogP contribution in [-0.4, -0.2) is 52.0 Å². The third kappa shape index (κ3) is 2.91. The van der Waals surface area contributed by atoms with E-state index in [0.717, 1.165) is 5.56 Å². The quantitative estimate of drug-likeness (QED) is 0.583. The Hall–Kier alpha value is -1.67. The second-order valence-electron chi connectivity index (χ2n) is 4.65. The van der Waals surface area contributed by atoms with Gasteiger partial charge in [0.1, 0.15) is 30.2 Å². The molecule has 1 saturated heterocycles. The molecule has 20 heavy (non-hydrogen) atoms. The Morgan fingerprint density at radius 1 is 1.15 bits per heavy atom. The number of aryl methyl sites for hydroxylation is 1. The number of carbonyl (C=O) groups excluding carboxylic acids is 1. The van der Waals surface area contributed by atoms with E-state index in [1.165, 1.54) is 0 Å². The number of hydrogen-bond acceptors (Lipinski definition) is 7. The summed E-state index contributed by atoms with van der Waals surface area (Å²) in [4.78, 5) is 10.8. The van der Waals surface area contributed by atoms with Crippen LogP contribution in [0.5, 0.6) is 5.75 Å². The standard InChI is InChI=1S/C13H16O7/c1-6-2-4-7(5-3-6)19-13-10(16)8(14)9(15)11(20-13)12(17)18/h2-5,8-11,13-16H,1H3,(H,17,18)/p-1/t8-,9-,10+,11-,13+/m0/s1. The van der Waals surface area contributed by atoms with Crippen molar-refractivity contribution in [2.24, 2.45) is 0 Å². The van der Waals surface area contributed by atoms with Crippen molar-refractivity contribution < 1.29 is 34.7 Å². The van der Waals surface area contributed by atoms with Crippen LogP contribution < -0.4 is 9.84 Å². The van der Waals surface area contributed by atoms with E-state index in [1.807, 2.05) is 6.92 Å². The van der Waals surface area contributed by atoms with Gasteiger partial charge in [-0.25, -0.2) is 0 Å². The first kappa shape index (κ1) is 14.7. The number of aliphatic hydroxyl groups excluding tert-OH is 3. The Bertz CT molecular complexity index is 472. The Kier molecular flexibility index (Phi) is 4.24. The van der Waals surface area contributed by atoms with Gasteiger partial charge in [0.15, 0.2) is 0 Å². The van der Waals surface area contributed by atoms with Crippen molar-refractivity contribution in [1.29, 1.82) is 0 Å². The maximum absolute atomic E-state index is 10.8. The summed E-state index contributed by atoms with van der Waals surface area (Å²) in [6.45, 7) is 1.88. The number of rotatable bonds is 3. The molecule has 1 aliphatic rings. The Morgan fingerprint density at radius 3 is 2.30 bits per heavy atom. The van der Waals surface area contributed by atoms with Crippen molar-refractivity contribution in [3.63, 3.8) is 0 Å². The first-order valence-electron chi connectivity index (χ1n) is 6.04. The van der Waals surface area contributed by atoms with E-state index in [0.29, 0.717) is 5.75 Å². The molecule has 7 nitrogen and oxygen atoms in total. The highest BCUT2D eigenvalue weighted by Crippen LogP contribution is 2.24. The van der Waals surface area contributed by atoms with Gasteiger partial charge in [-0.05, 0) is 19.1 Å². The molecule has 1 aromatic carbocycles. The third-order valence-corrected chi connectivity index (χ3v) is 3.08. The summed E-state index contributed by atoms with van der Waals surface area (Å²) < 4.78 is 10.2. The number of carbonyl (C=O) groups is 1. The summed E-state index contributed by atoms with van der Waals surface area (Å²) in [5, 5.41) is 39.7. The maximum Gasteiger partial charge on any atom is 0.229 e. The van der Waals surface area contributed by atoms with Gasteiger partial charge in [0, 0.05) is 0 Å². The van der Waals surface area contributed by atoms with Gasteiger partial charge in [0.2, 0.25) is 6.29 Å². The summed E-state index contributed by atoms with van der Waals surface area (Å²) in [5.41, 5.74) is 0.991. The van der Waals surface area contributed by atoms with Gasteiger partial charge >= 0.3 is 0 Å². The Labute approximate surface area is 115 Å². The van der Waals surface area contributed by atoms with Crippen LogP contribution >= 0.6 is 0 Å². The lowest BCUT2D eigenvalue weighted by molar-refractivity contribution is -0.342. The van der Waals surface area contributed by atoms with Gasteiger partial charge in [0.25, 0.3) is 0 Å². The lowest BCUT2D eigenvalue weighted by Gasteiger charge is -2.40. The third-order valence-electron chi connectivity index (χ3n) is 3.08. The number of hydrogen-bond donors (Lipinski definition) is 3. The van der Waals surface area contributed by atoms with Crippen LogP contribution in [0.1, 0.15) is 5.56 Å². The van der Waals surface area contributed by atoms with Crippen LogP contribution in [0.15, 0.2) is 24.3 Å². The molecule has 7 heteroatoms. The van der Waals surface area contributed by atoms with E-state index < -0.39 is 36.7 Å². The molecule has 1 fully saturated rings. The van der Waals surface area contributed by atoms with E-state index >= 15 is 0 Å². The monoisotopic (exact) mass is 283 g/mol. The summed E-state index contributed by atoms with van der Waals surface area (Å²) >= 11 is 0. The average molecular weight is 283 g/mol. The van der Waals surface area contributed by atoms with Crippen molar-refractivity contribution >= 4 is 5.97 Å². The first-order valence-corrected chi connectivity index (χ1v) is 6.04. The highest BCUT2D eigenvalue weighted by Gasteiger charge is 2.45. The minimum Gasteiger partial charge on any atom is -0.547 e. The average Bonchev–Trinajstić information content (AvgIpc) is 2.41. The smallest absolute Gasteiger partial charge is 0.229 e. The molecule has 0 bridgehead atoms. The van der Waals surface area contributed by atoms with E-state index in [1.54, 1.807) is 24.3 Å². The summed E-state index contributed by atoms with van der Waals surface area (Å²) in [7, 11) is 0. The van der Waals surface area contributed by atoms with Crippen molar-refractivity contribution in [2.75, 3.05) is 0 Å². The van der Waals surface area contributed by atoms with E-state index in [2.05, 4.69) is 0 Å². The van der Waals surface area contributed by atoms with Crippen LogP contribution in [0.3, 0.4) is 0 Å². The highest BCUT2D eigenvalue weighted by molar-refractivity contribution is 5.71. The van der Waals surface area contributed by atoms with Crippen LogP contribution in [0.4, 0.5) is 0 Å². The molecule has 0 aromatic heterocycles. The normalized spacial score (nSPS) is 33.7. The van der Waals surface area contributed by atoms with Gasteiger partial charge in [-0.2, -0.15) is 0 Å². The van der Waals surface area contributed by atoms with Crippen molar-refractivity contribution in [2.45, 2.75) is 37.6 Å². The van der Waals surface area contributed by atoms with Gasteiger partial charge in [-0.3, -0.25) is 0 Å². The molecule has 0 radical (unpaired) electrons. The summed E-state index contributed by atoms with van der Waals surface area (Å²) in [6, 6.07) is 6.73. The minimum atomic E-state index is -1.78. The highest BCUT2D eigenvalue weighted by atomic mass is 16.7.